The van der Waals surface area contributed by atoms with Crippen LogP contribution in [-0.4, -0.2) is 17.8 Å². The van der Waals surface area contributed by atoms with Crippen LogP contribution in [0.1, 0.15) is 42.6 Å². The number of anilines is 1. The van der Waals surface area contributed by atoms with E-state index >= 15 is 0 Å². The number of Topliss-reactive ketones (excluding diaryl/α,β-unsaturated/α-hetero) is 1. The van der Waals surface area contributed by atoms with Gasteiger partial charge >= 0.3 is 0 Å². The summed E-state index contributed by atoms with van der Waals surface area (Å²) in [6.45, 7) is 3.73. The third-order valence-corrected chi connectivity index (χ3v) is 3.57. The van der Waals surface area contributed by atoms with E-state index in [-0.39, 0.29) is 11.9 Å². The number of carbonyl (C=O) groups is 1. The summed E-state index contributed by atoms with van der Waals surface area (Å²) < 4.78 is 0. The number of aryl methyl sites for hydroxylation is 1. The molecule has 0 saturated heterocycles. The van der Waals surface area contributed by atoms with Crippen LogP contribution in [0.2, 0.25) is 0 Å². The molecule has 0 fully saturated rings. The highest BCUT2D eigenvalue weighted by Crippen LogP contribution is 2.30. The molecule has 0 saturated carbocycles. The van der Waals surface area contributed by atoms with Crippen molar-refractivity contribution in [3.63, 3.8) is 0 Å². The zero-order valence-corrected chi connectivity index (χ0v) is 10.7. The summed E-state index contributed by atoms with van der Waals surface area (Å²) in [6.07, 6.45) is 3.08. The molecule has 18 heavy (non-hydrogen) atoms. The van der Waals surface area contributed by atoms with Crippen LogP contribution in [-0.2, 0) is 6.42 Å². The summed E-state index contributed by atoms with van der Waals surface area (Å²) >= 11 is 0. The van der Waals surface area contributed by atoms with Gasteiger partial charge in [-0.2, -0.15) is 0 Å². The second-order valence-electron chi connectivity index (χ2n) is 4.83. The molecule has 1 atom stereocenters. The third-order valence-electron chi connectivity index (χ3n) is 3.57. The number of amidine groups is 1. The van der Waals surface area contributed by atoms with Gasteiger partial charge in [-0.25, -0.2) is 5.43 Å². The molecule has 4 nitrogen and oxygen atoms in total. The number of carbonyl (C=O) groups excluding carboxylic acids is 1. The molecule has 2 aliphatic rings. The van der Waals surface area contributed by atoms with Crippen LogP contribution in [0, 0.1) is 0 Å². The molecule has 4 heteroatoms. The molecule has 1 unspecified atom stereocenters. The van der Waals surface area contributed by atoms with Crippen molar-refractivity contribution in [1.29, 1.82) is 0 Å². The topological polar surface area (TPSA) is 44.7 Å². The molecule has 2 heterocycles. The molecule has 0 spiro atoms. The van der Waals surface area contributed by atoms with Crippen molar-refractivity contribution in [2.45, 2.75) is 39.3 Å². The van der Waals surface area contributed by atoms with E-state index < -0.39 is 0 Å². The maximum atomic E-state index is 11.4. The van der Waals surface area contributed by atoms with Crippen LogP contribution in [0.5, 0.6) is 0 Å². The number of benzene rings is 1. The fourth-order valence-corrected chi connectivity index (χ4v) is 2.53. The lowest BCUT2D eigenvalue weighted by Gasteiger charge is -2.28. The van der Waals surface area contributed by atoms with Crippen molar-refractivity contribution in [1.82, 2.24) is 5.43 Å². The Morgan fingerprint density at radius 3 is 3.06 bits per heavy atom. The van der Waals surface area contributed by atoms with Crippen molar-refractivity contribution in [2.24, 2.45) is 4.99 Å². The number of aliphatic imine (C=N–C) groups is 1. The van der Waals surface area contributed by atoms with Crippen molar-refractivity contribution in [3.8, 4) is 0 Å². The Morgan fingerprint density at radius 1 is 1.50 bits per heavy atom. The average molecular weight is 243 g/mol. The molecular weight excluding hydrogens is 226 g/mol. The van der Waals surface area contributed by atoms with Crippen molar-refractivity contribution < 1.29 is 4.79 Å². The Labute approximate surface area is 107 Å². The van der Waals surface area contributed by atoms with Gasteiger partial charge < -0.3 is 0 Å². The molecule has 0 amide bonds. The average Bonchev–Trinajstić information content (AvgIpc) is 2.81. The summed E-state index contributed by atoms with van der Waals surface area (Å²) in [6, 6.07) is 5.92. The maximum Gasteiger partial charge on any atom is 0.159 e. The number of nitrogens with one attached hydrogen (secondary N) is 1. The fraction of sp³-hybridized carbons (Fsp3) is 0.429. The normalized spacial score (nSPS) is 21.3. The number of fused-ring (bicyclic) bond motifs is 3. The van der Waals surface area contributed by atoms with E-state index in [1.54, 1.807) is 6.92 Å². The van der Waals surface area contributed by atoms with Crippen molar-refractivity contribution in [2.75, 3.05) is 5.01 Å². The Kier molecular flexibility index (Phi) is 2.67. The minimum atomic E-state index is 0.123. The van der Waals surface area contributed by atoms with Crippen LogP contribution in [0.4, 0.5) is 5.69 Å². The monoisotopic (exact) mass is 243 g/mol. The minimum Gasteiger partial charge on any atom is -0.295 e. The number of hydrogen-bond acceptors (Lipinski definition) is 4. The highest BCUT2D eigenvalue weighted by Gasteiger charge is 2.29. The summed E-state index contributed by atoms with van der Waals surface area (Å²) in [4.78, 5) is 16.1. The molecule has 1 aromatic rings. The molecule has 0 radical (unpaired) electrons. The summed E-state index contributed by atoms with van der Waals surface area (Å²) in [5, 5.41) is 2.08. The van der Waals surface area contributed by atoms with Crippen LogP contribution in [0.15, 0.2) is 23.2 Å². The molecule has 0 aromatic heterocycles. The van der Waals surface area contributed by atoms with Gasteiger partial charge in [0, 0.05) is 12.0 Å². The SMILES string of the molecule is CCC1N=C2CCc3cc(C(C)=O)ccc3N2N1. The van der Waals surface area contributed by atoms with Crippen LogP contribution in [0.3, 0.4) is 0 Å². The van der Waals surface area contributed by atoms with Crippen molar-refractivity contribution in [3.05, 3.63) is 29.3 Å². The quantitative estimate of drug-likeness (QED) is 0.811. The predicted octanol–water partition coefficient (Wildman–Crippen LogP) is 2.29. The predicted molar refractivity (Wildman–Crippen MR) is 71.9 cm³/mol. The Morgan fingerprint density at radius 2 is 2.33 bits per heavy atom. The first-order chi connectivity index (χ1) is 8.69. The fourth-order valence-electron chi connectivity index (χ4n) is 2.53. The Balaban J connectivity index is 1.98. The highest BCUT2D eigenvalue weighted by molar-refractivity contribution is 6.02. The molecule has 2 aliphatic heterocycles. The van der Waals surface area contributed by atoms with Crippen molar-refractivity contribution >= 4 is 17.3 Å². The van der Waals surface area contributed by atoms with Crippen LogP contribution >= 0.6 is 0 Å². The second kappa shape index (κ2) is 4.21. The molecule has 0 bridgehead atoms. The first kappa shape index (κ1) is 11.4. The first-order valence-corrected chi connectivity index (χ1v) is 6.46. The number of hydrogen-bond donors (Lipinski definition) is 1. The lowest BCUT2D eigenvalue weighted by atomic mass is 9.98. The number of nitrogens with zero attached hydrogens (tertiary/aromatic N) is 2. The smallest absolute Gasteiger partial charge is 0.159 e. The molecular formula is C14H17N3O. The Bertz CT molecular complexity index is 536. The lowest BCUT2D eigenvalue weighted by molar-refractivity contribution is 0.101. The van der Waals surface area contributed by atoms with E-state index in [4.69, 9.17) is 0 Å². The van der Waals surface area contributed by atoms with E-state index in [9.17, 15) is 4.79 Å². The van der Waals surface area contributed by atoms with Gasteiger partial charge in [-0.1, -0.05) is 6.92 Å². The minimum absolute atomic E-state index is 0.123. The number of rotatable bonds is 2. The van der Waals surface area contributed by atoms with Gasteiger partial charge in [-0.05, 0) is 43.5 Å². The first-order valence-electron chi connectivity index (χ1n) is 6.46. The van der Waals surface area contributed by atoms with E-state index in [2.05, 4.69) is 22.4 Å². The summed E-state index contributed by atoms with van der Waals surface area (Å²) in [5.74, 6) is 1.24. The molecule has 0 aliphatic carbocycles. The Hall–Kier alpha value is -1.68. The number of hydrazine groups is 1. The zero-order chi connectivity index (χ0) is 12.7. The lowest BCUT2D eigenvalue weighted by Crippen LogP contribution is -2.43. The van der Waals surface area contributed by atoms with Gasteiger partial charge in [0.05, 0.1) is 5.69 Å². The largest absolute Gasteiger partial charge is 0.295 e. The molecule has 94 valence electrons. The number of ketones is 1. The zero-order valence-electron chi connectivity index (χ0n) is 10.7. The molecule has 1 aromatic carbocycles. The van der Waals surface area contributed by atoms with Gasteiger partial charge in [-0.3, -0.25) is 14.8 Å². The van der Waals surface area contributed by atoms with Gasteiger partial charge in [-0.15, -0.1) is 0 Å². The second-order valence-corrected chi connectivity index (χ2v) is 4.83. The summed E-state index contributed by atoms with van der Waals surface area (Å²) in [7, 11) is 0. The van der Waals surface area contributed by atoms with Gasteiger partial charge in [0.2, 0.25) is 0 Å². The van der Waals surface area contributed by atoms with Crippen LogP contribution < -0.4 is 10.4 Å². The molecule has 1 N–H and O–H groups in total. The standard InChI is InChI=1S/C14H17N3O/c1-3-13-15-14-7-5-11-8-10(9(2)18)4-6-12(11)17(14)16-13/h4,6,8,13,16H,3,5,7H2,1-2H3. The van der Waals surface area contributed by atoms with Gasteiger partial charge in [0.1, 0.15) is 12.0 Å². The van der Waals surface area contributed by atoms with Gasteiger partial charge in [0.15, 0.2) is 5.78 Å². The van der Waals surface area contributed by atoms with E-state index in [1.165, 1.54) is 5.56 Å². The molecule has 3 rings (SSSR count). The maximum absolute atomic E-state index is 11.4. The van der Waals surface area contributed by atoms with E-state index in [0.29, 0.717) is 0 Å². The van der Waals surface area contributed by atoms with E-state index in [1.807, 2.05) is 18.2 Å². The van der Waals surface area contributed by atoms with Gasteiger partial charge in [0.25, 0.3) is 0 Å². The summed E-state index contributed by atoms with van der Waals surface area (Å²) in [5.41, 5.74) is 6.55. The van der Waals surface area contributed by atoms with Crippen LogP contribution in [0.25, 0.3) is 0 Å². The van der Waals surface area contributed by atoms with E-state index in [0.717, 1.165) is 36.3 Å². The third kappa shape index (κ3) is 1.73. The highest BCUT2D eigenvalue weighted by atomic mass is 16.1.